The molecule has 0 radical (unpaired) electrons. The second-order valence-electron chi connectivity index (χ2n) is 6.04. The van der Waals surface area contributed by atoms with Crippen molar-refractivity contribution in [2.75, 3.05) is 6.54 Å². The van der Waals surface area contributed by atoms with E-state index in [1.165, 1.54) is 17.4 Å². The lowest BCUT2D eigenvalue weighted by molar-refractivity contribution is -0.117. The molecule has 3 rings (SSSR count). The maximum Gasteiger partial charge on any atom is 0.254 e. The molecule has 3 aromatic rings. The van der Waals surface area contributed by atoms with Gasteiger partial charge in [-0.2, -0.15) is 4.99 Å². The zero-order chi connectivity index (χ0) is 20.8. The van der Waals surface area contributed by atoms with E-state index in [2.05, 4.69) is 10.3 Å². The van der Waals surface area contributed by atoms with Gasteiger partial charge >= 0.3 is 0 Å². The Hall–Kier alpha value is -3.20. The van der Waals surface area contributed by atoms with Crippen molar-refractivity contribution in [2.24, 2.45) is 4.99 Å². The van der Waals surface area contributed by atoms with Gasteiger partial charge < -0.3 is 9.88 Å². The Morgan fingerprint density at radius 3 is 2.62 bits per heavy atom. The number of benzene rings is 2. The predicted molar refractivity (Wildman–Crippen MR) is 102 cm³/mol. The molecule has 1 N–H and O–H groups in total. The summed E-state index contributed by atoms with van der Waals surface area (Å²) in [6.45, 7) is 0.166. The maximum absolute atomic E-state index is 13.8. The Morgan fingerprint density at radius 1 is 1.07 bits per heavy atom. The monoisotopic (exact) mass is 419 g/mol. The molecule has 0 bridgehead atoms. The van der Waals surface area contributed by atoms with Crippen LogP contribution < -0.4 is 10.1 Å². The number of hydrogen-bond donors (Lipinski definition) is 1. The van der Waals surface area contributed by atoms with Crippen molar-refractivity contribution in [3.05, 3.63) is 87.4 Å². The molecule has 0 fully saturated rings. The molecule has 0 aliphatic heterocycles. The molecule has 9 heteroatoms. The van der Waals surface area contributed by atoms with Gasteiger partial charge in [0.25, 0.3) is 5.91 Å². The lowest BCUT2D eigenvalue weighted by Crippen LogP contribution is -2.27. The van der Waals surface area contributed by atoms with Gasteiger partial charge in [0.15, 0.2) is 4.80 Å². The van der Waals surface area contributed by atoms with E-state index in [9.17, 15) is 22.8 Å². The predicted octanol–water partition coefficient (Wildman–Crippen LogP) is 3.26. The van der Waals surface area contributed by atoms with Crippen LogP contribution in [0.1, 0.15) is 22.3 Å². The quantitative estimate of drug-likeness (QED) is 0.667. The highest BCUT2D eigenvalue weighted by atomic mass is 32.1. The molecule has 150 valence electrons. The molecule has 0 aliphatic rings. The Morgan fingerprint density at radius 2 is 1.86 bits per heavy atom. The topological polar surface area (TPSA) is 63.5 Å². The summed E-state index contributed by atoms with van der Waals surface area (Å²) in [4.78, 5) is 28.4. The lowest BCUT2D eigenvalue weighted by atomic mass is 10.2. The summed E-state index contributed by atoms with van der Waals surface area (Å²) < 4.78 is 41.9. The number of carbonyl (C=O) groups is 2. The van der Waals surface area contributed by atoms with Crippen LogP contribution in [-0.2, 0) is 11.3 Å². The van der Waals surface area contributed by atoms with Crippen molar-refractivity contribution in [1.82, 2.24) is 9.88 Å². The van der Waals surface area contributed by atoms with E-state index in [-0.39, 0.29) is 30.9 Å². The zero-order valence-corrected chi connectivity index (χ0v) is 15.9. The summed E-state index contributed by atoms with van der Waals surface area (Å²) in [5.74, 6) is -3.35. The number of thiazole rings is 1. The van der Waals surface area contributed by atoms with Crippen molar-refractivity contribution in [3.8, 4) is 0 Å². The van der Waals surface area contributed by atoms with E-state index in [1.807, 2.05) is 0 Å². The van der Waals surface area contributed by atoms with Crippen LogP contribution >= 0.6 is 11.3 Å². The van der Waals surface area contributed by atoms with Crippen LogP contribution in [0.15, 0.2) is 59.0 Å². The standard InChI is InChI=1S/C20H16F3N3O2S/c21-14-5-6-15(17(23)11-14)19(28)24-8-7-18(27)25-20-26(9-10-29-20)12-13-3-1-2-4-16(13)22/h1-6,9-11H,7-8,12H2,(H,24,28). The molecular weight excluding hydrogens is 403 g/mol. The van der Waals surface area contributed by atoms with E-state index in [1.54, 1.807) is 34.3 Å². The third kappa shape index (κ3) is 5.41. The Kier molecular flexibility index (Phi) is 6.61. The highest BCUT2D eigenvalue weighted by Crippen LogP contribution is 2.10. The average molecular weight is 419 g/mol. The number of nitrogens with one attached hydrogen (secondary N) is 1. The first kappa shape index (κ1) is 20.5. The fraction of sp³-hybridized carbons (Fsp3) is 0.150. The Balaban J connectivity index is 1.60. The molecule has 0 saturated heterocycles. The van der Waals surface area contributed by atoms with Gasteiger partial charge in [0.2, 0.25) is 5.91 Å². The Bertz CT molecular complexity index is 1110. The van der Waals surface area contributed by atoms with Crippen molar-refractivity contribution in [1.29, 1.82) is 0 Å². The first-order chi connectivity index (χ1) is 13.9. The van der Waals surface area contributed by atoms with Crippen molar-refractivity contribution in [2.45, 2.75) is 13.0 Å². The number of halogens is 3. The number of hydrogen-bond acceptors (Lipinski definition) is 3. The van der Waals surface area contributed by atoms with E-state index in [0.717, 1.165) is 12.1 Å². The minimum Gasteiger partial charge on any atom is -0.351 e. The second-order valence-corrected chi connectivity index (χ2v) is 6.91. The third-order valence-electron chi connectivity index (χ3n) is 3.98. The number of rotatable bonds is 6. The molecule has 0 spiro atoms. The average Bonchev–Trinajstić information content (AvgIpc) is 3.10. The molecule has 5 nitrogen and oxygen atoms in total. The van der Waals surface area contributed by atoms with Crippen LogP contribution in [0.4, 0.5) is 13.2 Å². The summed E-state index contributed by atoms with van der Waals surface area (Å²) in [7, 11) is 0. The van der Waals surface area contributed by atoms with Gasteiger partial charge in [0.05, 0.1) is 12.1 Å². The first-order valence-corrected chi connectivity index (χ1v) is 9.50. The number of aromatic nitrogens is 1. The van der Waals surface area contributed by atoms with Gasteiger partial charge in [-0.3, -0.25) is 9.59 Å². The minimum absolute atomic E-state index is 0.0589. The van der Waals surface area contributed by atoms with E-state index in [4.69, 9.17) is 0 Å². The van der Waals surface area contributed by atoms with Gasteiger partial charge in [-0.15, -0.1) is 11.3 Å². The van der Waals surface area contributed by atoms with Crippen LogP contribution in [0.5, 0.6) is 0 Å². The highest BCUT2D eigenvalue weighted by molar-refractivity contribution is 7.07. The minimum atomic E-state index is -0.980. The summed E-state index contributed by atoms with van der Waals surface area (Å²) in [6.07, 6.45) is 1.59. The molecular formula is C20H16F3N3O2S. The van der Waals surface area contributed by atoms with E-state index < -0.39 is 23.4 Å². The fourth-order valence-electron chi connectivity index (χ4n) is 2.53. The van der Waals surface area contributed by atoms with Crippen molar-refractivity contribution < 1.29 is 22.8 Å². The number of nitrogens with zero attached hydrogens (tertiary/aromatic N) is 2. The molecule has 0 saturated carbocycles. The molecule has 0 atom stereocenters. The highest BCUT2D eigenvalue weighted by Gasteiger charge is 2.12. The maximum atomic E-state index is 13.8. The summed E-state index contributed by atoms with van der Waals surface area (Å²) in [5, 5.41) is 4.12. The summed E-state index contributed by atoms with van der Waals surface area (Å²) in [5.41, 5.74) is 0.158. The van der Waals surface area contributed by atoms with Crippen LogP contribution in [-0.4, -0.2) is 22.9 Å². The summed E-state index contributed by atoms with van der Waals surface area (Å²) in [6, 6.07) is 8.94. The molecule has 2 aromatic carbocycles. The first-order valence-electron chi connectivity index (χ1n) is 8.62. The molecule has 0 aliphatic carbocycles. The van der Waals surface area contributed by atoms with E-state index in [0.29, 0.717) is 16.4 Å². The second kappa shape index (κ2) is 9.33. The molecule has 29 heavy (non-hydrogen) atoms. The smallest absolute Gasteiger partial charge is 0.254 e. The van der Waals surface area contributed by atoms with Gasteiger partial charge in [-0.05, 0) is 18.2 Å². The van der Waals surface area contributed by atoms with Crippen molar-refractivity contribution >= 4 is 23.2 Å². The molecule has 0 unspecified atom stereocenters. The van der Waals surface area contributed by atoms with Crippen LogP contribution in [0.25, 0.3) is 0 Å². The zero-order valence-electron chi connectivity index (χ0n) is 15.1. The largest absolute Gasteiger partial charge is 0.351 e. The Labute approximate surface area is 168 Å². The molecule has 1 heterocycles. The third-order valence-corrected chi connectivity index (χ3v) is 4.77. The van der Waals surface area contributed by atoms with Crippen molar-refractivity contribution in [3.63, 3.8) is 0 Å². The van der Waals surface area contributed by atoms with Gasteiger partial charge in [0.1, 0.15) is 17.5 Å². The van der Waals surface area contributed by atoms with Crippen LogP contribution in [0, 0.1) is 17.5 Å². The summed E-state index contributed by atoms with van der Waals surface area (Å²) >= 11 is 1.22. The van der Waals surface area contributed by atoms with Gasteiger partial charge in [-0.25, -0.2) is 13.2 Å². The lowest BCUT2D eigenvalue weighted by Gasteiger charge is -2.05. The van der Waals surface area contributed by atoms with E-state index >= 15 is 0 Å². The molecule has 1 aromatic heterocycles. The number of carbonyl (C=O) groups excluding carboxylic acids is 2. The number of amides is 2. The van der Waals surface area contributed by atoms with Gasteiger partial charge in [0, 0.05) is 36.2 Å². The van der Waals surface area contributed by atoms with Crippen LogP contribution in [0.2, 0.25) is 0 Å². The normalized spacial score (nSPS) is 11.5. The molecule has 2 amide bonds. The van der Waals surface area contributed by atoms with Crippen LogP contribution in [0.3, 0.4) is 0 Å². The SMILES string of the molecule is O=C(CCNC(=O)c1ccc(F)cc1F)N=c1sccn1Cc1ccccc1F. The van der Waals surface area contributed by atoms with Gasteiger partial charge in [-0.1, -0.05) is 18.2 Å². The fourth-order valence-corrected chi connectivity index (χ4v) is 3.28.